The maximum absolute atomic E-state index is 11.7. The number of rotatable bonds is 2. The van der Waals surface area contributed by atoms with Crippen molar-refractivity contribution in [3.63, 3.8) is 0 Å². The molecule has 1 heterocycles. The molecule has 0 aromatic carbocycles. The summed E-state index contributed by atoms with van der Waals surface area (Å²) in [6.45, 7) is 4.06. The van der Waals surface area contributed by atoms with E-state index in [2.05, 4.69) is 17.6 Å². The van der Waals surface area contributed by atoms with E-state index in [1.807, 2.05) is 0 Å². The van der Waals surface area contributed by atoms with Gasteiger partial charge in [0.1, 0.15) is 0 Å². The predicted octanol–water partition coefficient (Wildman–Crippen LogP) is 1.08. The first-order chi connectivity index (χ1) is 6.20. The van der Waals surface area contributed by atoms with E-state index in [4.69, 9.17) is 0 Å². The summed E-state index contributed by atoms with van der Waals surface area (Å²) < 4.78 is 0. The van der Waals surface area contributed by atoms with E-state index in [9.17, 15) is 4.79 Å². The van der Waals surface area contributed by atoms with Crippen LogP contribution in [-0.2, 0) is 4.79 Å². The van der Waals surface area contributed by atoms with Gasteiger partial charge in [-0.25, -0.2) is 0 Å². The van der Waals surface area contributed by atoms with Gasteiger partial charge in [-0.3, -0.25) is 4.79 Å². The molecule has 0 bridgehead atoms. The van der Waals surface area contributed by atoms with E-state index in [1.54, 1.807) is 0 Å². The van der Waals surface area contributed by atoms with Crippen LogP contribution in [0.4, 0.5) is 0 Å². The van der Waals surface area contributed by atoms with Gasteiger partial charge < -0.3 is 10.6 Å². The highest BCUT2D eigenvalue weighted by atomic mass is 35.5. The van der Waals surface area contributed by atoms with Gasteiger partial charge in [0.25, 0.3) is 0 Å². The molecule has 4 heteroatoms. The normalized spacial score (nSPS) is 28.8. The molecule has 0 spiro atoms. The topological polar surface area (TPSA) is 41.1 Å². The minimum atomic E-state index is 0. The van der Waals surface area contributed by atoms with Crippen LogP contribution in [0, 0.1) is 5.92 Å². The Balaban J connectivity index is 0.000000980. The van der Waals surface area contributed by atoms with Crippen LogP contribution >= 0.6 is 12.4 Å². The highest BCUT2D eigenvalue weighted by Gasteiger charge is 2.39. The Bertz CT molecular complexity index is 210. The monoisotopic (exact) mass is 218 g/mol. The van der Waals surface area contributed by atoms with Gasteiger partial charge >= 0.3 is 0 Å². The molecule has 2 rings (SSSR count). The van der Waals surface area contributed by atoms with Crippen molar-refractivity contribution in [2.45, 2.75) is 38.1 Å². The number of amides is 1. The van der Waals surface area contributed by atoms with E-state index in [-0.39, 0.29) is 29.8 Å². The predicted molar refractivity (Wildman–Crippen MR) is 58.6 cm³/mol. The maximum atomic E-state index is 11.7. The Labute approximate surface area is 91.4 Å². The quantitative estimate of drug-likeness (QED) is 0.728. The summed E-state index contributed by atoms with van der Waals surface area (Å²) >= 11 is 0. The van der Waals surface area contributed by atoms with Gasteiger partial charge in [0.05, 0.1) is 5.92 Å². The van der Waals surface area contributed by atoms with Crippen LogP contribution in [0.2, 0.25) is 0 Å². The summed E-state index contributed by atoms with van der Waals surface area (Å²) in [5, 5.41) is 6.38. The summed E-state index contributed by atoms with van der Waals surface area (Å²) in [5.41, 5.74) is 0.147. The Morgan fingerprint density at radius 2 is 2.21 bits per heavy atom. The average molecular weight is 219 g/mol. The lowest BCUT2D eigenvalue weighted by atomic mass is 9.98. The molecule has 2 N–H and O–H groups in total. The molecular formula is C10H19ClN2O. The number of nitrogens with one attached hydrogen (secondary N) is 2. The van der Waals surface area contributed by atoms with Crippen LogP contribution in [0.15, 0.2) is 0 Å². The molecular weight excluding hydrogens is 200 g/mol. The van der Waals surface area contributed by atoms with Crippen LogP contribution in [0.3, 0.4) is 0 Å². The molecule has 82 valence electrons. The standard InChI is InChI=1S/C10H18N2O.ClH/c1-10(4-5-10)12-9(13)8-3-2-6-11-7-8;/h8,11H,2-7H2,1H3,(H,12,13);1H. The second-order valence-corrected chi connectivity index (χ2v) is 4.59. The van der Waals surface area contributed by atoms with Crippen molar-refractivity contribution in [3.05, 3.63) is 0 Å². The van der Waals surface area contributed by atoms with E-state index < -0.39 is 0 Å². The van der Waals surface area contributed by atoms with Gasteiger partial charge in [-0.1, -0.05) is 0 Å². The van der Waals surface area contributed by atoms with Gasteiger partial charge in [0.15, 0.2) is 0 Å². The highest BCUT2D eigenvalue weighted by molar-refractivity contribution is 5.85. The van der Waals surface area contributed by atoms with E-state index >= 15 is 0 Å². The van der Waals surface area contributed by atoms with E-state index in [0.29, 0.717) is 0 Å². The molecule has 1 aliphatic carbocycles. The van der Waals surface area contributed by atoms with E-state index in [1.165, 1.54) is 0 Å². The molecule has 2 fully saturated rings. The van der Waals surface area contributed by atoms with Gasteiger partial charge in [0.2, 0.25) is 5.91 Å². The number of piperidine rings is 1. The Kier molecular flexibility index (Phi) is 3.78. The van der Waals surface area contributed by atoms with E-state index in [0.717, 1.165) is 38.8 Å². The number of hydrogen-bond donors (Lipinski definition) is 2. The second-order valence-electron chi connectivity index (χ2n) is 4.59. The minimum Gasteiger partial charge on any atom is -0.351 e. The smallest absolute Gasteiger partial charge is 0.224 e. The third-order valence-electron chi connectivity index (χ3n) is 3.09. The lowest BCUT2D eigenvalue weighted by Crippen LogP contribution is -2.44. The van der Waals surface area contributed by atoms with Gasteiger partial charge in [-0.15, -0.1) is 12.4 Å². The molecule has 1 unspecified atom stereocenters. The molecule has 0 aromatic heterocycles. The van der Waals surface area contributed by atoms with Gasteiger partial charge in [-0.2, -0.15) is 0 Å². The van der Waals surface area contributed by atoms with Crippen LogP contribution in [-0.4, -0.2) is 24.5 Å². The molecule has 14 heavy (non-hydrogen) atoms. The zero-order valence-electron chi connectivity index (χ0n) is 8.64. The molecule has 1 aliphatic heterocycles. The van der Waals surface area contributed by atoms with Crippen molar-refractivity contribution in [1.82, 2.24) is 10.6 Å². The molecule has 1 saturated heterocycles. The molecule has 0 aromatic rings. The molecule has 1 amide bonds. The minimum absolute atomic E-state index is 0. The Morgan fingerprint density at radius 1 is 1.50 bits per heavy atom. The lowest BCUT2D eigenvalue weighted by molar-refractivity contribution is -0.126. The van der Waals surface area contributed by atoms with Crippen molar-refractivity contribution < 1.29 is 4.79 Å². The molecule has 0 radical (unpaired) electrons. The van der Waals surface area contributed by atoms with Crippen LogP contribution in [0.1, 0.15) is 32.6 Å². The molecule has 1 atom stereocenters. The van der Waals surface area contributed by atoms with Crippen molar-refractivity contribution in [1.29, 1.82) is 0 Å². The highest BCUT2D eigenvalue weighted by Crippen LogP contribution is 2.34. The number of hydrogen-bond acceptors (Lipinski definition) is 2. The largest absolute Gasteiger partial charge is 0.351 e. The first kappa shape index (κ1) is 11.8. The Morgan fingerprint density at radius 3 is 2.71 bits per heavy atom. The third-order valence-corrected chi connectivity index (χ3v) is 3.09. The fraction of sp³-hybridized carbons (Fsp3) is 0.900. The summed E-state index contributed by atoms with van der Waals surface area (Å²) in [6.07, 6.45) is 4.49. The van der Waals surface area contributed by atoms with Gasteiger partial charge in [0, 0.05) is 12.1 Å². The van der Waals surface area contributed by atoms with Crippen LogP contribution in [0.5, 0.6) is 0 Å². The summed E-state index contributed by atoms with van der Waals surface area (Å²) in [4.78, 5) is 11.7. The fourth-order valence-electron chi connectivity index (χ4n) is 1.79. The number of carbonyl (C=O) groups excluding carboxylic acids is 1. The molecule has 3 nitrogen and oxygen atoms in total. The third kappa shape index (κ3) is 2.85. The first-order valence-corrected chi connectivity index (χ1v) is 5.22. The number of carbonyl (C=O) groups is 1. The fourth-order valence-corrected chi connectivity index (χ4v) is 1.79. The van der Waals surface area contributed by atoms with Gasteiger partial charge in [-0.05, 0) is 39.2 Å². The lowest BCUT2D eigenvalue weighted by Gasteiger charge is -2.23. The molecule has 1 saturated carbocycles. The van der Waals surface area contributed by atoms with Crippen molar-refractivity contribution >= 4 is 18.3 Å². The second kappa shape index (κ2) is 4.49. The zero-order valence-corrected chi connectivity index (χ0v) is 9.45. The summed E-state index contributed by atoms with van der Waals surface area (Å²) in [7, 11) is 0. The SMILES string of the molecule is CC1(NC(=O)C2CCCNC2)CC1.Cl. The summed E-state index contributed by atoms with van der Waals surface area (Å²) in [6, 6.07) is 0. The van der Waals surface area contributed by atoms with Crippen molar-refractivity contribution in [2.75, 3.05) is 13.1 Å². The number of halogens is 1. The zero-order chi connectivity index (χ0) is 9.31. The Hall–Kier alpha value is -0.280. The van der Waals surface area contributed by atoms with Crippen LogP contribution in [0.25, 0.3) is 0 Å². The van der Waals surface area contributed by atoms with Crippen molar-refractivity contribution in [3.8, 4) is 0 Å². The first-order valence-electron chi connectivity index (χ1n) is 5.22. The molecule has 2 aliphatic rings. The van der Waals surface area contributed by atoms with Crippen molar-refractivity contribution in [2.24, 2.45) is 5.92 Å². The maximum Gasteiger partial charge on any atom is 0.224 e. The van der Waals surface area contributed by atoms with Crippen LogP contribution < -0.4 is 10.6 Å². The average Bonchev–Trinajstić information content (AvgIpc) is 2.85. The summed E-state index contributed by atoms with van der Waals surface area (Å²) in [5.74, 6) is 0.471.